The summed E-state index contributed by atoms with van der Waals surface area (Å²) in [5, 5.41) is 1.24. The van der Waals surface area contributed by atoms with Crippen molar-refractivity contribution in [3.63, 3.8) is 0 Å². The van der Waals surface area contributed by atoms with Crippen LogP contribution in [0.3, 0.4) is 0 Å². The Bertz CT molecular complexity index is 1040. The molecule has 0 spiro atoms. The molecule has 0 bridgehead atoms. The molecule has 1 amide bonds. The van der Waals surface area contributed by atoms with Crippen LogP contribution >= 0.6 is 23.4 Å². The van der Waals surface area contributed by atoms with E-state index in [-0.39, 0.29) is 24.1 Å². The molecule has 3 aromatic rings. The lowest BCUT2D eigenvalue weighted by Gasteiger charge is -2.26. The zero-order valence-electron chi connectivity index (χ0n) is 15.8. The summed E-state index contributed by atoms with van der Waals surface area (Å²) in [6.45, 7) is 4.19. The Morgan fingerprint density at radius 2 is 2.00 bits per heavy atom. The van der Waals surface area contributed by atoms with Crippen LogP contribution in [0.15, 0.2) is 53.3 Å². The zero-order valence-corrected chi connectivity index (χ0v) is 17.4. The van der Waals surface area contributed by atoms with Crippen molar-refractivity contribution in [2.45, 2.75) is 32.2 Å². The molecule has 1 heterocycles. The molecule has 5 nitrogen and oxygen atoms in total. The van der Waals surface area contributed by atoms with Crippen molar-refractivity contribution >= 4 is 40.2 Å². The molecule has 0 unspecified atom stereocenters. The summed E-state index contributed by atoms with van der Waals surface area (Å²) in [7, 11) is 0. The normalized spacial score (nSPS) is 11.1. The minimum atomic E-state index is -0.188. The fraction of sp³-hybridized carbons (Fsp3) is 0.286. The van der Waals surface area contributed by atoms with Gasteiger partial charge in [0.25, 0.3) is 5.56 Å². The van der Waals surface area contributed by atoms with Gasteiger partial charge in [0.2, 0.25) is 5.91 Å². The number of fused-ring (bicyclic) bond motifs is 1. The Morgan fingerprint density at radius 3 is 2.75 bits per heavy atom. The highest BCUT2D eigenvalue weighted by Gasteiger charge is 2.19. The van der Waals surface area contributed by atoms with E-state index in [1.165, 1.54) is 0 Å². The highest BCUT2D eigenvalue weighted by Crippen LogP contribution is 2.18. The molecule has 28 heavy (non-hydrogen) atoms. The van der Waals surface area contributed by atoms with Crippen molar-refractivity contribution in [3.8, 4) is 0 Å². The fourth-order valence-electron chi connectivity index (χ4n) is 2.90. The molecule has 0 radical (unpaired) electrons. The molecular weight excluding hydrogens is 394 g/mol. The summed E-state index contributed by atoms with van der Waals surface area (Å²) in [6, 6.07) is 14.8. The third kappa shape index (κ3) is 5.14. The van der Waals surface area contributed by atoms with Gasteiger partial charge in [0, 0.05) is 16.8 Å². The number of nitrogens with one attached hydrogen (secondary N) is 1. The molecular formula is C21H22ClN3O2S. The first-order valence-corrected chi connectivity index (χ1v) is 10.6. The number of halogens is 1. The van der Waals surface area contributed by atoms with Crippen molar-refractivity contribution < 1.29 is 4.79 Å². The number of hydrogen-bond acceptors (Lipinski definition) is 4. The number of para-hydroxylation sites is 1. The molecule has 0 fully saturated rings. The molecule has 146 valence electrons. The number of amides is 1. The molecule has 0 saturated heterocycles. The standard InChI is InChI=1S/C21H22ClN3O2S/c1-14(2)25(20(26)13-28-12-15-6-5-7-16(22)10-15)11-19-23-18-9-4-3-8-17(18)21(27)24-19/h3-10,14H,11-13H2,1-2H3,(H,23,24,27). The number of hydrogen-bond donors (Lipinski definition) is 1. The maximum Gasteiger partial charge on any atom is 0.258 e. The van der Waals surface area contributed by atoms with Gasteiger partial charge in [-0.05, 0) is 43.7 Å². The van der Waals surface area contributed by atoms with Gasteiger partial charge >= 0.3 is 0 Å². The predicted octanol–water partition coefficient (Wildman–Crippen LogP) is 4.25. The molecule has 0 atom stereocenters. The van der Waals surface area contributed by atoms with Crippen LogP contribution in [-0.2, 0) is 17.1 Å². The molecule has 2 aromatic carbocycles. The van der Waals surface area contributed by atoms with Gasteiger partial charge in [0.05, 0.1) is 23.2 Å². The zero-order chi connectivity index (χ0) is 20.1. The van der Waals surface area contributed by atoms with Crippen LogP contribution in [0, 0.1) is 0 Å². The van der Waals surface area contributed by atoms with E-state index >= 15 is 0 Å². The highest BCUT2D eigenvalue weighted by molar-refractivity contribution is 7.99. The Morgan fingerprint density at radius 1 is 1.21 bits per heavy atom. The number of benzene rings is 2. The second-order valence-corrected chi connectivity index (χ2v) is 8.19. The van der Waals surface area contributed by atoms with Crippen molar-refractivity contribution in [1.29, 1.82) is 0 Å². The number of aromatic amines is 1. The minimum Gasteiger partial charge on any atom is -0.332 e. The number of thioether (sulfide) groups is 1. The van der Waals surface area contributed by atoms with Crippen LogP contribution in [0.5, 0.6) is 0 Å². The van der Waals surface area contributed by atoms with E-state index in [9.17, 15) is 9.59 Å². The molecule has 1 aromatic heterocycles. The van der Waals surface area contributed by atoms with Crippen LogP contribution < -0.4 is 5.56 Å². The van der Waals surface area contributed by atoms with Crippen molar-refractivity contribution in [2.75, 3.05) is 5.75 Å². The summed E-state index contributed by atoms with van der Waals surface area (Å²) in [6.07, 6.45) is 0. The van der Waals surface area contributed by atoms with Gasteiger partial charge in [-0.25, -0.2) is 4.98 Å². The number of carbonyl (C=O) groups is 1. The van der Waals surface area contributed by atoms with Crippen LogP contribution in [0.25, 0.3) is 10.9 Å². The number of carbonyl (C=O) groups excluding carboxylic acids is 1. The summed E-state index contributed by atoms with van der Waals surface area (Å²) in [5.74, 6) is 1.56. The van der Waals surface area contributed by atoms with Gasteiger partial charge in [0.1, 0.15) is 5.82 Å². The quantitative estimate of drug-likeness (QED) is 0.626. The van der Waals surface area contributed by atoms with Crippen LogP contribution in [0.2, 0.25) is 5.02 Å². The van der Waals surface area contributed by atoms with E-state index in [4.69, 9.17) is 11.6 Å². The average Bonchev–Trinajstić information content (AvgIpc) is 2.66. The largest absolute Gasteiger partial charge is 0.332 e. The van der Waals surface area contributed by atoms with E-state index in [0.717, 1.165) is 5.56 Å². The smallest absolute Gasteiger partial charge is 0.258 e. The maximum absolute atomic E-state index is 12.8. The second kappa shape index (κ2) is 9.26. The van der Waals surface area contributed by atoms with Crippen LogP contribution in [0.1, 0.15) is 25.2 Å². The van der Waals surface area contributed by atoms with E-state index < -0.39 is 0 Å². The van der Waals surface area contributed by atoms with E-state index in [1.807, 2.05) is 44.2 Å². The van der Waals surface area contributed by atoms with Crippen molar-refractivity contribution in [3.05, 3.63) is 75.3 Å². The first-order chi connectivity index (χ1) is 13.4. The molecule has 1 N–H and O–H groups in total. The Balaban J connectivity index is 1.67. The maximum atomic E-state index is 12.8. The third-order valence-corrected chi connectivity index (χ3v) is 5.53. The Labute approximate surface area is 173 Å². The monoisotopic (exact) mass is 415 g/mol. The minimum absolute atomic E-state index is 0.00366. The van der Waals surface area contributed by atoms with E-state index in [0.29, 0.717) is 33.3 Å². The summed E-state index contributed by atoms with van der Waals surface area (Å²) < 4.78 is 0. The van der Waals surface area contributed by atoms with E-state index in [1.54, 1.807) is 34.9 Å². The lowest BCUT2D eigenvalue weighted by atomic mass is 10.2. The molecule has 3 rings (SSSR count). The average molecular weight is 416 g/mol. The molecule has 7 heteroatoms. The summed E-state index contributed by atoms with van der Waals surface area (Å²) in [4.78, 5) is 34.1. The Kier molecular flexibility index (Phi) is 6.75. The first-order valence-electron chi connectivity index (χ1n) is 9.03. The number of rotatable bonds is 7. The van der Waals surface area contributed by atoms with Gasteiger partial charge in [-0.1, -0.05) is 35.9 Å². The highest BCUT2D eigenvalue weighted by atomic mass is 35.5. The topological polar surface area (TPSA) is 66.1 Å². The molecule has 0 aliphatic heterocycles. The molecule has 0 aliphatic rings. The predicted molar refractivity (Wildman–Crippen MR) is 116 cm³/mol. The fourth-order valence-corrected chi connectivity index (χ4v) is 3.97. The van der Waals surface area contributed by atoms with E-state index in [2.05, 4.69) is 9.97 Å². The number of nitrogens with zero attached hydrogens (tertiary/aromatic N) is 2. The first kappa shape index (κ1) is 20.4. The van der Waals surface area contributed by atoms with Crippen LogP contribution in [0.4, 0.5) is 0 Å². The second-order valence-electron chi connectivity index (χ2n) is 6.77. The van der Waals surface area contributed by atoms with Gasteiger partial charge < -0.3 is 9.88 Å². The number of aromatic nitrogens is 2. The van der Waals surface area contributed by atoms with Gasteiger partial charge in [-0.3, -0.25) is 9.59 Å². The third-order valence-electron chi connectivity index (χ3n) is 4.31. The van der Waals surface area contributed by atoms with Gasteiger partial charge in [0.15, 0.2) is 0 Å². The van der Waals surface area contributed by atoms with Gasteiger partial charge in [-0.15, -0.1) is 11.8 Å². The van der Waals surface area contributed by atoms with Crippen LogP contribution in [-0.4, -0.2) is 32.6 Å². The SMILES string of the molecule is CC(C)N(Cc1nc2ccccc2c(=O)[nH]1)C(=O)CSCc1cccc(Cl)c1. The Hall–Kier alpha value is -2.31. The summed E-state index contributed by atoms with van der Waals surface area (Å²) in [5.41, 5.74) is 1.53. The molecule has 0 saturated carbocycles. The van der Waals surface area contributed by atoms with Gasteiger partial charge in [-0.2, -0.15) is 0 Å². The lowest BCUT2D eigenvalue weighted by Crippen LogP contribution is -2.38. The molecule has 0 aliphatic carbocycles. The number of H-pyrrole nitrogens is 1. The van der Waals surface area contributed by atoms with Crippen molar-refractivity contribution in [2.24, 2.45) is 0 Å². The summed E-state index contributed by atoms with van der Waals surface area (Å²) >= 11 is 7.55. The lowest BCUT2D eigenvalue weighted by molar-refractivity contribution is -0.130. The van der Waals surface area contributed by atoms with Crippen molar-refractivity contribution in [1.82, 2.24) is 14.9 Å².